The van der Waals surface area contributed by atoms with Crippen molar-refractivity contribution in [2.45, 2.75) is 6.92 Å². The van der Waals surface area contributed by atoms with Crippen molar-refractivity contribution < 1.29 is 0 Å². The highest BCUT2D eigenvalue weighted by Gasteiger charge is 2.10. The predicted molar refractivity (Wildman–Crippen MR) is 63.6 cm³/mol. The van der Waals surface area contributed by atoms with Gasteiger partial charge in [-0.05, 0) is 34.5 Å². The summed E-state index contributed by atoms with van der Waals surface area (Å²) in [7, 11) is 0. The summed E-state index contributed by atoms with van der Waals surface area (Å²) in [5.41, 5.74) is 2.46. The Morgan fingerprint density at radius 1 is 1.44 bits per heavy atom. The second-order valence-corrected chi connectivity index (χ2v) is 4.47. The number of halogens is 1. The van der Waals surface area contributed by atoms with Crippen molar-refractivity contribution in [3.05, 3.63) is 39.0 Å². The zero-order valence-corrected chi connectivity index (χ0v) is 9.95. The molecule has 1 N–H and O–H groups in total. The fraction of sp³-hybridized carbons (Fsp3) is 0.100. The van der Waals surface area contributed by atoms with Crippen LogP contribution in [-0.4, -0.2) is 19.4 Å². The van der Waals surface area contributed by atoms with Crippen molar-refractivity contribution in [1.82, 2.24) is 19.4 Å². The van der Waals surface area contributed by atoms with Crippen LogP contribution in [-0.2, 0) is 0 Å². The summed E-state index contributed by atoms with van der Waals surface area (Å²) in [4.78, 5) is 22.5. The molecule has 3 rings (SSSR count). The Hall–Kier alpha value is -1.69. The summed E-state index contributed by atoms with van der Waals surface area (Å²) in [6.45, 7) is 1.94. The minimum absolute atomic E-state index is 0.218. The van der Waals surface area contributed by atoms with Crippen LogP contribution in [0.15, 0.2) is 27.9 Å². The maximum absolute atomic E-state index is 11.6. The van der Waals surface area contributed by atoms with Gasteiger partial charge < -0.3 is 4.98 Å². The largest absolute Gasteiger partial charge is 0.311 e. The van der Waals surface area contributed by atoms with Crippen molar-refractivity contribution in [3.63, 3.8) is 0 Å². The van der Waals surface area contributed by atoms with Crippen LogP contribution in [0.1, 0.15) is 5.56 Å². The lowest BCUT2D eigenvalue weighted by Crippen LogP contribution is -2.06. The molecule has 6 heteroatoms. The number of nitrogens with one attached hydrogen (secondary N) is 1. The average molecular weight is 279 g/mol. The van der Waals surface area contributed by atoms with E-state index in [2.05, 4.69) is 30.9 Å². The standard InChI is InChI=1S/C10H7BrN4O/c1-5-2-6(11)3-15-8(5)14-7-9(15)12-4-13-10(7)16/h2-4H,1H3,(H,12,13,16). The molecule has 0 radical (unpaired) electrons. The van der Waals surface area contributed by atoms with E-state index in [0.29, 0.717) is 11.2 Å². The second-order valence-electron chi connectivity index (χ2n) is 3.55. The quantitative estimate of drug-likeness (QED) is 0.680. The third kappa shape index (κ3) is 1.19. The molecule has 0 fully saturated rings. The van der Waals surface area contributed by atoms with Gasteiger partial charge in [0, 0.05) is 10.7 Å². The van der Waals surface area contributed by atoms with Crippen LogP contribution < -0.4 is 5.56 Å². The van der Waals surface area contributed by atoms with Crippen LogP contribution in [0, 0.1) is 6.92 Å². The molecule has 0 aliphatic heterocycles. The molecule has 0 aliphatic carbocycles. The number of imidazole rings is 1. The molecule has 3 aromatic heterocycles. The topological polar surface area (TPSA) is 63.1 Å². The number of fused-ring (bicyclic) bond motifs is 3. The Labute approximate surface area is 98.3 Å². The van der Waals surface area contributed by atoms with Crippen molar-refractivity contribution >= 4 is 32.7 Å². The van der Waals surface area contributed by atoms with Gasteiger partial charge in [-0.25, -0.2) is 9.97 Å². The summed E-state index contributed by atoms with van der Waals surface area (Å²) in [5, 5.41) is 0. The minimum atomic E-state index is -0.218. The number of pyridine rings is 1. The van der Waals surface area contributed by atoms with E-state index < -0.39 is 0 Å². The van der Waals surface area contributed by atoms with E-state index >= 15 is 0 Å². The molecule has 0 atom stereocenters. The van der Waals surface area contributed by atoms with Crippen LogP contribution >= 0.6 is 15.9 Å². The number of hydrogen-bond acceptors (Lipinski definition) is 3. The number of aromatic nitrogens is 4. The molecule has 3 aromatic rings. The van der Waals surface area contributed by atoms with Gasteiger partial charge >= 0.3 is 0 Å². The summed E-state index contributed by atoms with van der Waals surface area (Å²) in [6, 6.07) is 1.95. The number of hydrogen-bond donors (Lipinski definition) is 1. The minimum Gasteiger partial charge on any atom is -0.311 e. The molecule has 16 heavy (non-hydrogen) atoms. The lowest BCUT2D eigenvalue weighted by Gasteiger charge is -1.99. The first-order valence-corrected chi connectivity index (χ1v) is 5.48. The molecular formula is C10H7BrN4O. The first-order valence-electron chi connectivity index (χ1n) is 4.68. The maximum atomic E-state index is 11.6. The van der Waals surface area contributed by atoms with E-state index in [-0.39, 0.29) is 5.56 Å². The summed E-state index contributed by atoms with van der Waals surface area (Å²) >= 11 is 3.41. The first kappa shape index (κ1) is 9.53. The Morgan fingerprint density at radius 2 is 2.25 bits per heavy atom. The Bertz CT molecular complexity index is 758. The van der Waals surface area contributed by atoms with Gasteiger partial charge in [-0.2, -0.15) is 0 Å². The molecule has 0 aliphatic rings. The van der Waals surface area contributed by atoms with Gasteiger partial charge in [0.15, 0.2) is 11.2 Å². The molecule has 0 amide bonds. The van der Waals surface area contributed by atoms with Gasteiger partial charge in [0.1, 0.15) is 5.65 Å². The third-order valence-corrected chi connectivity index (χ3v) is 2.88. The Kier molecular flexibility index (Phi) is 1.88. The van der Waals surface area contributed by atoms with E-state index in [1.165, 1.54) is 6.33 Å². The van der Waals surface area contributed by atoms with E-state index in [4.69, 9.17) is 0 Å². The van der Waals surface area contributed by atoms with Crippen LogP contribution in [0.3, 0.4) is 0 Å². The van der Waals surface area contributed by atoms with E-state index in [0.717, 1.165) is 15.7 Å². The predicted octanol–water partition coefficient (Wildman–Crippen LogP) is 1.64. The van der Waals surface area contributed by atoms with Crippen LogP contribution in [0.2, 0.25) is 0 Å². The zero-order valence-electron chi connectivity index (χ0n) is 8.36. The smallest absolute Gasteiger partial charge is 0.278 e. The molecule has 0 saturated heterocycles. The number of aryl methyl sites for hydroxylation is 1. The van der Waals surface area contributed by atoms with Crippen LogP contribution in [0.25, 0.3) is 16.8 Å². The molecule has 0 unspecified atom stereocenters. The molecule has 0 aromatic carbocycles. The van der Waals surface area contributed by atoms with Gasteiger partial charge in [-0.3, -0.25) is 9.20 Å². The van der Waals surface area contributed by atoms with E-state index in [1.54, 1.807) is 0 Å². The second kappa shape index (κ2) is 3.15. The molecule has 3 heterocycles. The number of H-pyrrole nitrogens is 1. The average Bonchev–Trinajstić information content (AvgIpc) is 2.59. The van der Waals surface area contributed by atoms with Gasteiger partial charge in [-0.1, -0.05) is 0 Å². The molecule has 0 bridgehead atoms. The molecule has 0 saturated carbocycles. The Morgan fingerprint density at radius 3 is 3.06 bits per heavy atom. The number of nitrogens with zero attached hydrogens (tertiary/aromatic N) is 3. The first-order chi connectivity index (χ1) is 7.66. The molecule has 5 nitrogen and oxygen atoms in total. The molecule has 80 valence electrons. The fourth-order valence-corrected chi connectivity index (χ4v) is 2.30. The SMILES string of the molecule is Cc1cc(Br)cn2c1nc1c(=O)[nH]cnc12. The van der Waals surface area contributed by atoms with Gasteiger partial charge in [0.25, 0.3) is 5.56 Å². The van der Waals surface area contributed by atoms with Crippen molar-refractivity contribution in [3.8, 4) is 0 Å². The number of aromatic amines is 1. The monoisotopic (exact) mass is 278 g/mol. The maximum Gasteiger partial charge on any atom is 0.278 e. The third-order valence-electron chi connectivity index (χ3n) is 2.44. The van der Waals surface area contributed by atoms with E-state index in [1.807, 2.05) is 23.6 Å². The fourth-order valence-electron chi connectivity index (χ4n) is 1.75. The summed E-state index contributed by atoms with van der Waals surface area (Å²) in [5.74, 6) is 0. The van der Waals surface area contributed by atoms with Gasteiger partial charge in [0.2, 0.25) is 0 Å². The van der Waals surface area contributed by atoms with Gasteiger partial charge in [-0.15, -0.1) is 0 Å². The lowest BCUT2D eigenvalue weighted by molar-refractivity contribution is 1.11. The highest BCUT2D eigenvalue weighted by atomic mass is 79.9. The summed E-state index contributed by atoms with van der Waals surface area (Å²) < 4.78 is 2.74. The van der Waals surface area contributed by atoms with Crippen molar-refractivity contribution in [2.75, 3.05) is 0 Å². The Balaban J connectivity index is 2.66. The number of rotatable bonds is 0. The van der Waals surface area contributed by atoms with E-state index in [9.17, 15) is 4.79 Å². The molecule has 0 spiro atoms. The van der Waals surface area contributed by atoms with Crippen LogP contribution in [0.4, 0.5) is 0 Å². The lowest BCUT2D eigenvalue weighted by atomic mass is 10.3. The van der Waals surface area contributed by atoms with Gasteiger partial charge in [0.05, 0.1) is 6.33 Å². The normalized spacial score (nSPS) is 11.4. The highest BCUT2D eigenvalue weighted by Crippen LogP contribution is 2.19. The van der Waals surface area contributed by atoms with Crippen molar-refractivity contribution in [1.29, 1.82) is 0 Å². The molecular weight excluding hydrogens is 272 g/mol. The zero-order chi connectivity index (χ0) is 11.3. The van der Waals surface area contributed by atoms with Crippen molar-refractivity contribution in [2.24, 2.45) is 0 Å². The van der Waals surface area contributed by atoms with Crippen LogP contribution in [0.5, 0.6) is 0 Å². The summed E-state index contributed by atoms with van der Waals surface area (Å²) in [6.07, 6.45) is 3.24. The highest BCUT2D eigenvalue weighted by molar-refractivity contribution is 9.10.